The largest absolute Gasteiger partial charge is 0.479 e. The van der Waals surface area contributed by atoms with Gasteiger partial charge in [0.1, 0.15) is 17.6 Å². The number of anilines is 1. The molecule has 0 aliphatic carbocycles. The summed E-state index contributed by atoms with van der Waals surface area (Å²) in [7, 11) is 0. The van der Waals surface area contributed by atoms with Crippen LogP contribution in [-0.4, -0.2) is 6.61 Å². The molecule has 4 heteroatoms. The molecule has 0 unspecified atom stereocenters. The zero-order valence-corrected chi connectivity index (χ0v) is 10.3. The van der Waals surface area contributed by atoms with E-state index < -0.39 is 0 Å². The zero-order chi connectivity index (χ0) is 13.5. The number of rotatable bonds is 5. The molecule has 0 amide bonds. The first-order valence-corrected chi connectivity index (χ1v) is 5.86. The van der Waals surface area contributed by atoms with Crippen LogP contribution >= 0.6 is 0 Å². The zero-order valence-electron chi connectivity index (χ0n) is 10.3. The van der Waals surface area contributed by atoms with Crippen molar-refractivity contribution in [3.63, 3.8) is 0 Å². The van der Waals surface area contributed by atoms with Crippen molar-refractivity contribution in [2.24, 2.45) is 0 Å². The van der Waals surface area contributed by atoms with Crippen molar-refractivity contribution in [1.29, 1.82) is 5.26 Å². The molecule has 2 aromatic rings. The number of hydrogen-bond acceptors (Lipinski definition) is 3. The number of nitrogens with zero attached hydrogens (tertiary/aromatic N) is 1. The Morgan fingerprint density at radius 3 is 2.63 bits per heavy atom. The SMILES string of the molecule is N#CCOc1ccc(CNc2cccc(F)c2)cc1. The lowest BCUT2D eigenvalue weighted by molar-refractivity contribution is 0.368. The third kappa shape index (κ3) is 4.00. The average Bonchev–Trinajstić information content (AvgIpc) is 2.44. The van der Waals surface area contributed by atoms with Crippen LogP contribution < -0.4 is 10.1 Å². The summed E-state index contributed by atoms with van der Waals surface area (Å²) < 4.78 is 18.1. The summed E-state index contributed by atoms with van der Waals surface area (Å²) in [5, 5.41) is 11.5. The number of hydrogen-bond donors (Lipinski definition) is 1. The summed E-state index contributed by atoms with van der Waals surface area (Å²) in [5.41, 5.74) is 1.79. The van der Waals surface area contributed by atoms with Crippen LogP contribution in [0, 0.1) is 17.1 Å². The minimum absolute atomic E-state index is 0.0425. The van der Waals surface area contributed by atoms with Gasteiger partial charge in [0.25, 0.3) is 0 Å². The number of nitriles is 1. The lowest BCUT2D eigenvalue weighted by Crippen LogP contribution is -2.00. The molecule has 0 aromatic heterocycles. The Balaban J connectivity index is 1.91. The maximum Gasteiger partial charge on any atom is 0.174 e. The van der Waals surface area contributed by atoms with Crippen molar-refractivity contribution < 1.29 is 9.13 Å². The Kier molecular flexibility index (Phi) is 4.35. The molecule has 0 aliphatic rings. The molecule has 0 radical (unpaired) electrons. The molecule has 0 atom stereocenters. The summed E-state index contributed by atoms with van der Waals surface area (Å²) in [5.74, 6) is 0.404. The minimum Gasteiger partial charge on any atom is -0.479 e. The fraction of sp³-hybridized carbons (Fsp3) is 0.133. The Labute approximate surface area is 111 Å². The Morgan fingerprint density at radius 1 is 1.16 bits per heavy atom. The highest BCUT2D eigenvalue weighted by Crippen LogP contribution is 2.14. The number of benzene rings is 2. The highest BCUT2D eigenvalue weighted by Gasteiger charge is 1.97. The van der Waals surface area contributed by atoms with Crippen molar-refractivity contribution in [3.05, 3.63) is 59.9 Å². The molecule has 0 spiro atoms. The number of nitrogens with one attached hydrogen (secondary N) is 1. The first kappa shape index (κ1) is 12.9. The maximum absolute atomic E-state index is 13.0. The van der Waals surface area contributed by atoms with Gasteiger partial charge in [-0.1, -0.05) is 18.2 Å². The van der Waals surface area contributed by atoms with Gasteiger partial charge in [0, 0.05) is 12.2 Å². The quantitative estimate of drug-likeness (QED) is 0.892. The van der Waals surface area contributed by atoms with Gasteiger partial charge in [-0.05, 0) is 35.9 Å². The van der Waals surface area contributed by atoms with Crippen LogP contribution in [0.3, 0.4) is 0 Å². The second-order valence-corrected chi connectivity index (χ2v) is 3.95. The van der Waals surface area contributed by atoms with E-state index in [-0.39, 0.29) is 12.4 Å². The predicted molar refractivity (Wildman–Crippen MR) is 71.3 cm³/mol. The summed E-state index contributed by atoms with van der Waals surface area (Å²) in [6.07, 6.45) is 0. The van der Waals surface area contributed by atoms with Crippen molar-refractivity contribution in [1.82, 2.24) is 0 Å². The minimum atomic E-state index is -0.259. The van der Waals surface area contributed by atoms with Gasteiger partial charge >= 0.3 is 0 Å². The van der Waals surface area contributed by atoms with E-state index in [2.05, 4.69) is 5.32 Å². The molecule has 96 valence electrons. The van der Waals surface area contributed by atoms with Gasteiger partial charge in [-0.25, -0.2) is 4.39 Å². The molecule has 0 fully saturated rings. The topological polar surface area (TPSA) is 45.0 Å². The summed E-state index contributed by atoms with van der Waals surface area (Å²) in [6.45, 7) is 0.642. The van der Waals surface area contributed by atoms with Crippen LogP contribution in [0.25, 0.3) is 0 Å². The molecule has 0 saturated carbocycles. The van der Waals surface area contributed by atoms with Crippen LogP contribution in [-0.2, 0) is 6.54 Å². The van der Waals surface area contributed by atoms with Crippen molar-refractivity contribution in [2.75, 3.05) is 11.9 Å². The van der Waals surface area contributed by atoms with Crippen LogP contribution in [0.1, 0.15) is 5.56 Å². The van der Waals surface area contributed by atoms with E-state index in [1.54, 1.807) is 18.2 Å². The van der Waals surface area contributed by atoms with Gasteiger partial charge in [0.05, 0.1) is 0 Å². The average molecular weight is 256 g/mol. The van der Waals surface area contributed by atoms with Crippen LogP contribution in [0.15, 0.2) is 48.5 Å². The molecule has 1 N–H and O–H groups in total. The standard InChI is InChI=1S/C15H13FN2O/c16-13-2-1-3-14(10-13)18-11-12-4-6-15(7-5-12)19-9-8-17/h1-7,10,18H,9,11H2. The molecular weight excluding hydrogens is 243 g/mol. The van der Waals surface area contributed by atoms with Gasteiger partial charge in [0.2, 0.25) is 0 Å². The maximum atomic E-state index is 13.0. The predicted octanol–water partition coefficient (Wildman–Crippen LogP) is 3.34. The molecule has 2 rings (SSSR count). The van der Waals surface area contributed by atoms with E-state index >= 15 is 0 Å². The van der Waals surface area contributed by atoms with Crippen LogP contribution in [0.4, 0.5) is 10.1 Å². The summed E-state index contributed by atoms with van der Waals surface area (Å²) in [4.78, 5) is 0. The van der Waals surface area contributed by atoms with Gasteiger partial charge in [-0.15, -0.1) is 0 Å². The fourth-order valence-corrected chi connectivity index (χ4v) is 1.62. The molecule has 0 saturated heterocycles. The second kappa shape index (κ2) is 6.41. The molecule has 3 nitrogen and oxygen atoms in total. The third-order valence-corrected chi connectivity index (χ3v) is 2.55. The van der Waals surface area contributed by atoms with Gasteiger partial charge < -0.3 is 10.1 Å². The fourth-order valence-electron chi connectivity index (χ4n) is 1.62. The van der Waals surface area contributed by atoms with Crippen molar-refractivity contribution in [3.8, 4) is 11.8 Å². The Hall–Kier alpha value is -2.54. The monoisotopic (exact) mass is 256 g/mol. The van der Waals surface area contributed by atoms with E-state index in [1.807, 2.05) is 24.3 Å². The second-order valence-electron chi connectivity index (χ2n) is 3.95. The summed E-state index contributed by atoms with van der Waals surface area (Å²) >= 11 is 0. The molecule has 0 aliphatic heterocycles. The van der Waals surface area contributed by atoms with Crippen LogP contribution in [0.5, 0.6) is 5.75 Å². The first-order chi connectivity index (χ1) is 9.28. The van der Waals surface area contributed by atoms with Gasteiger partial charge in [0.15, 0.2) is 6.61 Å². The first-order valence-electron chi connectivity index (χ1n) is 5.86. The lowest BCUT2D eigenvalue weighted by atomic mass is 10.2. The van der Waals surface area contributed by atoms with E-state index in [0.717, 1.165) is 11.3 Å². The number of ether oxygens (including phenoxy) is 1. The number of halogens is 1. The molecule has 2 aromatic carbocycles. The van der Waals surface area contributed by atoms with E-state index in [4.69, 9.17) is 10.00 Å². The molecule has 0 bridgehead atoms. The van der Waals surface area contributed by atoms with Gasteiger partial charge in [-0.2, -0.15) is 5.26 Å². The Morgan fingerprint density at radius 2 is 1.95 bits per heavy atom. The molecule has 0 heterocycles. The van der Waals surface area contributed by atoms with E-state index in [1.165, 1.54) is 12.1 Å². The van der Waals surface area contributed by atoms with Crippen LogP contribution in [0.2, 0.25) is 0 Å². The summed E-state index contributed by atoms with van der Waals surface area (Å²) in [6, 6.07) is 15.7. The third-order valence-electron chi connectivity index (χ3n) is 2.55. The lowest BCUT2D eigenvalue weighted by Gasteiger charge is -2.07. The van der Waals surface area contributed by atoms with Crippen molar-refractivity contribution in [2.45, 2.75) is 6.54 Å². The van der Waals surface area contributed by atoms with E-state index in [0.29, 0.717) is 12.3 Å². The normalized spacial score (nSPS) is 9.68. The molecular formula is C15H13FN2O. The Bertz CT molecular complexity index is 575. The molecule has 19 heavy (non-hydrogen) atoms. The highest BCUT2D eigenvalue weighted by atomic mass is 19.1. The highest BCUT2D eigenvalue weighted by molar-refractivity contribution is 5.44. The van der Waals surface area contributed by atoms with Gasteiger partial charge in [-0.3, -0.25) is 0 Å². The smallest absolute Gasteiger partial charge is 0.174 e. The van der Waals surface area contributed by atoms with E-state index in [9.17, 15) is 4.39 Å². The van der Waals surface area contributed by atoms with Crippen molar-refractivity contribution >= 4 is 5.69 Å².